The third-order valence-corrected chi connectivity index (χ3v) is 6.78. The summed E-state index contributed by atoms with van der Waals surface area (Å²) >= 11 is 0. The van der Waals surface area contributed by atoms with Crippen molar-refractivity contribution in [3.63, 3.8) is 0 Å². The zero-order valence-corrected chi connectivity index (χ0v) is 17.8. The second-order valence-corrected chi connectivity index (χ2v) is 8.72. The van der Waals surface area contributed by atoms with Crippen molar-refractivity contribution in [2.75, 3.05) is 14.1 Å². The van der Waals surface area contributed by atoms with Crippen molar-refractivity contribution >= 4 is 16.9 Å². The number of imidazole rings is 1. The first-order chi connectivity index (χ1) is 13.8. The summed E-state index contributed by atoms with van der Waals surface area (Å²) in [5, 5.41) is 0. The summed E-state index contributed by atoms with van der Waals surface area (Å²) in [6.07, 6.45) is 3.73. The van der Waals surface area contributed by atoms with Gasteiger partial charge in [0.25, 0.3) is 5.91 Å². The number of benzene rings is 2. The maximum atomic E-state index is 13.0. The van der Waals surface area contributed by atoms with E-state index in [1.54, 1.807) is 19.0 Å². The fourth-order valence-electron chi connectivity index (χ4n) is 5.21. The first-order valence-corrected chi connectivity index (χ1v) is 10.3. The number of carbonyl (C=O) groups is 1. The van der Waals surface area contributed by atoms with Crippen LogP contribution in [0.4, 0.5) is 0 Å². The van der Waals surface area contributed by atoms with Gasteiger partial charge >= 0.3 is 0 Å². The molecule has 0 bridgehead atoms. The lowest BCUT2D eigenvalue weighted by Gasteiger charge is -2.38. The summed E-state index contributed by atoms with van der Waals surface area (Å²) in [4.78, 5) is 19.4. The van der Waals surface area contributed by atoms with Crippen molar-refractivity contribution in [2.24, 2.45) is 7.05 Å². The summed E-state index contributed by atoms with van der Waals surface area (Å²) in [6, 6.07) is 8.53. The molecule has 29 heavy (non-hydrogen) atoms. The number of hydrogen-bond donors (Lipinski definition) is 0. The number of carbonyl (C=O) groups excluding carboxylic acids is 1. The quantitative estimate of drug-likeness (QED) is 0.631. The number of ether oxygens (including phenoxy) is 1. The highest BCUT2D eigenvalue weighted by molar-refractivity contribution is 6.01. The molecule has 1 spiro atoms. The average Bonchev–Trinajstić information content (AvgIpc) is 3.20. The molecule has 0 N–H and O–H groups in total. The van der Waals surface area contributed by atoms with Crippen LogP contribution in [0.25, 0.3) is 11.0 Å². The minimum atomic E-state index is -0.314. The highest BCUT2D eigenvalue weighted by Gasteiger charge is 2.45. The molecule has 5 rings (SSSR count). The molecule has 1 amide bonds. The van der Waals surface area contributed by atoms with Crippen LogP contribution >= 0.6 is 0 Å². The molecule has 0 saturated carbocycles. The zero-order valence-electron chi connectivity index (χ0n) is 17.8. The van der Waals surface area contributed by atoms with E-state index < -0.39 is 0 Å². The van der Waals surface area contributed by atoms with Crippen LogP contribution in [0.5, 0.6) is 5.75 Å². The number of hydrogen-bond acceptors (Lipinski definition) is 3. The molecule has 3 aromatic rings. The highest BCUT2D eigenvalue weighted by Crippen LogP contribution is 2.51. The van der Waals surface area contributed by atoms with Gasteiger partial charge in [0.2, 0.25) is 0 Å². The molecule has 5 heteroatoms. The van der Waals surface area contributed by atoms with Gasteiger partial charge in [-0.15, -0.1) is 0 Å². The second-order valence-electron chi connectivity index (χ2n) is 8.72. The SMILES string of the molecule is Cc1cccc2c1C1(CC2)CCc2c(C(=O)N(C)C)cc3c(nc(C)n3C)c2O1. The van der Waals surface area contributed by atoms with Gasteiger partial charge in [-0.3, -0.25) is 4.79 Å². The van der Waals surface area contributed by atoms with Crippen LogP contribution in [-0.2, 0) is 25.5 Å². The number of aryl methyl sites for hydroxylation is 4. The van der Waals surface area contributed by atoms with Crippen molar-refractivity contribution < 1.29 is 9.53 Å². The van der Waals surface area contributed by atoms with Crippen molar-refractivity contribution in [1.82, 2.24) is 14.5 Å². The number of nitrogens with zero attached hydrogens (tertiary/aromatic N) is 3. The molecule has 0 radical (unpaired) electrons. The lowest BCUT2D eigenvalue weighted by Crippen LogP contribution is -2.36. The van der Waals surface area contributed by atoms with Gasteiger partial charge in [0, 0.05) is 37.8 Å². The molecule has 1 atom stereocenters. The summed E-state index contributed by atoms with van der Waals surface area (Å²) in [7, 11) is 5.60. The zero-order chi connectivity index (χ0) is 20.5. The van der Waals surface area contributed by atoms with Crippen LogP contribution < -0.4 is 4.74 Å². The summed E-state index contributed by atoms with van der Waals surface area (Å²) < 4.78 is 8.94. The molecule has 1 aliphatic carbocycles. The van der Waals surface area contributed by atoms with Crippen LogP contribution in [0.3, 0.4) is 0 Å². The molecule has 1 aromatic heterocycles. The smallest absolute Gasteiger partial charge is 0.253 e. The third kappa shape index (κ3) is 2.46. The van der Waals surface area contributed by atoms with Gasteiger partial charge in [0.05, 0.1) is 5.52 Å². The van der Waals surface area contributed by atoms with E-state index in [1.165, 1.54) is 16.7 Å². The average molecular weight is 389 g/mol. The Morgan fingerprint density at radius 2 is 1.97 bits per heavy atom. The highest BCUT2D eigenvalue weighted by atomic mass is 16.5. The van der Waals surface area contributed by atoms with Gasteiger partial charge in [-0.1, -0.05) is 18.2 Å². The predicted molar refractivity (Wildman–Crippen MR) is 114 cm³/mol. The molecule has 1 unspecified atom stereocenters. The number of fused-ring (bicyclic) bond motifs is 5. The van der Waals surface area contributed by atoms with Crippen molar-refractivity contribution in [1.29, 1.82) is 0 Å². The molecular weight excluding hydrogens is 362 g/mol. The Kier molecular flexibility index (Phi) is 3.83. The first-order valence-electron chi connectivity index (χ1n) is 10.3. The van der Waals surface area contributed by atoms with E-state index in [0.717, 1.165) is 59.4 Å². The van der Waals surface area contributed by atoms with Crippen molar-refractivity contribution in [2.45, 2.75) is 45.1 Å². The standard InChI is InChI=1S/C24H27N3O2/c1-14-7-6-8-16-9-11-24(20(14)16)12-10-17-18(23(28)26(3)4)13-19-21(22(17)29-24)25-15(2)27(19)5/h6-8,13H,9-12H2,1-5H3. The van der Waals surface area contributed by atoms with Crippen molar-refractivity contribution in [3.05, 3.63) is 57.9 Å². The Balaban J connectivity index is 1.75. The van der Waals surface area contributed by atoms with E-state index in [0.29, 0.717) is 0 Å². The van der Waals surface area contributed by atoms with Crippen LogP contribution in [0.2, 0.25) is 0 Å². The van der Waals surface area contributed by atoms with Gasteiger partial charge in [0.15, 0.2) is 5.75 Å². The lowest BCUT2D eigenvalue weighted by atomic mass is 9.82. The maximum absolute atomic E-state index is 13.0. The van der Waals surface area contributed by atoms with Gasteiger partial charge in [-0.25, -0.2) is 4.98 Å². The Morgan fingerprint density at radius 1 is 1.21 bits per heavy atom. The van der Waals surface area contributed by atoms with Crippen molar-refractivity contribution in [3.8, 4) is 5.75 Å². The molecule has 5 nitrogen and oxygen atoms in total. The van der Waals surface area contributed by atoms with E-state index >= 15 is 0 Å². The number of rotatable bonds is 1. The van der Waals surface area contributed by atoms with Gasteiger partial charge in [0.1, 0.15) is 16.9 Å². The number of aromatic nitrogens is 2. The fraction of sp³-hybridized carbons (Fsp3) is 0.417. The second kappa shape index (κ2) is 6.09. The summed E-state index contributed by atoms with van der Waals surface area (Å²) in [5.74, 6) is 1.74. The molecule has 2 heterocycles. The van der Waals surface area contributed by atoms with Crippen LogP contribution in [-0.4, -0.2) is 34.5 Å². The summed E-state index contributed by atoms with van der Waals surface area (Å²) in [5.41, 5.74) is 7.27. The molecule has 2 aliphatic rings. The maximum Gasteiger partial charge on any atom is 0.253 e. The largest absolute Gasteiger partial charge is 0.480 e. The minimum absolute atomic E-state index is 0.0181. The molecule has 0 fully saturated rings. The normalized spacial score (nSPS) is 19.9. The van der Waals surface area contributed by atoms with Gasteiger partial charge in [-0.2, -0.15) is 0 Å². The Morgan fingerprint density at radius 3 is 2.72 bits per heavy atom. The Labute approximate surface area is 171 Å². The van der Waals surface area contributed by atoms with Gasteiger partial charge in [-0.05, 0) is 56.7 Å². The fourth-order valence-corrected chi connectivity index (χ4v) is 5.21. The van der Waals surface area contributed by atoms with Crippen LogP contribution in [0.1, 0.15) is 51.3 Å². The van der Waals surface area contributed by atoms with E-state index in [1.807, 2.05) is 24.6 Å². The van der Waals surface area contributed by atoms with E-state index in [4.69, 9.17) is 9.72 Å². The van der Waals surface area contributed by atoms with E-state index in [9.17, 15) is 4.79 Å². The van der Waals surface area contributed by atoms with Crippen LogP contribution in [0, 0.1) is 13.8 Å². The monoisotopic (exact) mass is 389 g/mol. The Bertz CT molecular complexity index is 1170. The third-order valence-electron chi connectivity index (χ3n) is 6.78. The minimum Gasteiger partial charge on any atom is -0.480 e. The molecule has 0 saturated heterocycles. The predicted octanol–water partition coefficient (Wildman–Crippen LogP) is 4.06. The van der Waals surface area contributed by atoms with Crippen LogP contribution in [0.15, 0.2) is 24.3 Å². The number of amides is 1. The molecule has 2 aromatic carbocycles. The lowest BCUT2D eigenvalue weighted by molar-refractivity contribution is 0.0451. The first kappa shape index (κ1) is 18.2. The Hall–Kier alpha value is -2.82. The molecular formula is C24H27N3O2. The van der Waals surface area contributed by atoms with E-state index in [2.05, 4.69) is 25.1 Å². The van der Waals surface area contributed by atoms with Gasteiger partial charge < -0.3 is 14.2 Å². The van der Waals surface area contributed by atoms with E-state index in [-0.39, 0.29) is 11.5 Å². The summed E-state index contributed by atoms with van der Waals surface area (Å²) in [6.45, 7) is 4.17. The molecule has 150 valence electrons. The topological polar surface area (TPSA) is 47.4 Å². The molecule has 1 aliphatic heterocycles.